The topological polar surface area (TPSA) is 25.8 Å². The fourth-order valence-corrected chi connectivity index (χ4v) is 1.96. The summed E-state index contributed by atoms with van der Waals surface area (Å²) in [6.07, 6.45) is 1.84. The fourth-order valence-electron chi connectivity index (χ4n) is 1.30. The van der Waals surface area contributed by atoms with E-state index >= 15 is 0 Å². The van der Waals surface area contributed by atoms with Crippen molar-refractivity contribution in [2.45, 2.75) is 19.8 Å². The van der Waals surface area contributed by atoms with Crippen LogP contribution in [0.2, 0.25) is 0 Å². The van der Waals surface area contributed by atoms with Crippen molar-refractivity contribution in [2.75, 3.05) is 0 Å². The van der Waals surface area contributed by atoms with Crippen LogP contribution in [-0.4, -0.2) is 9.97 Å². The molecule has 15 heavy (non-hydrogen) atoms. The van der Waals surface area contributed by atoms with Crippen LogP contribution >= 0.6 is 31.9 Å². The van der Waals surface area contributed by atoms with Gasteiger partial charge < -0.3 is 0 Å². The maximum atomic E-state index is 4.56. The van der Waals surface area contributed by atoms with Gasteiger partial charge in [-0.1, -0.05) is 13.8 Å². The third-order valence-corrected chi connectivity index (χ3v) is 4.04. The maximum absolute atomic E-state index is 4.56. The minimum Gasteiger partial charge on any atom is -0.253 e. The van der Waals surface area contributed by atoms with Gasteiger partial charge in [-0.15, -0.1) is 0 Å². The summed E-state index contributed by atoms with van der Waals surface area (Å²) < 4.78 is 2.01. The molecular weight excluding hydrogens is 320 g/mol. The third-order valence-electron chi connectivity index (χ3n) is 2.19. The highest BCUT2D eigenvalue weighted by Gasteiger charge is 2.06. The summed E-state index contributed by atoms with van der Waals surface area (Å²) in [7, 11) is 0. The van der Waals surface area contributed by atoms with Gasteiger partial charge in [0.1, 0.15) is 0 Å². The van der Waals surface area contributed by atoms with E-state index in [4.69, 9.17) is 0 Å². The van der Waals surface area contributed by atoms with Crippen LogP contribution in [0.3, 0.4) is 0 Å². The lowest BCUT2D eigenvalue weighted by molar-refractivity contribution is 0.822. The molecule has 1 heterocycles. The molecule has 1 aromatic carbocycles. The van der Waals surface area contributed by atoms with Gasteiger partial charge in [-0.25, -0.2) is 4.98 Å². The van der Waals surface area contributed by atoms with Crippen molar-refractivity contribution in [3.8, 4) is 0 Å². The van der Waals surface area contributed by atoms with Crippen molar-refractivity contribution < 1.29 is 0 Å². The molecule has 0 saturated heterocycles. The molecule has 1 aromatic heterocycles. The molecule has 2 rings (SSSR count). The van der Waals surface area contributed by atoms with Crippen LogP contribution in [0.25, 0.3) is 11.0 Å². The molecule has 2 aromatic rings. The third kappa shape index (κ3) is 2.21. The summed E-state index contributed by atoms with van der Waals surface area (Å²) in [5, 5.41) is 0. The van der Waals surface area contributed by atoms with E-state index in [1.807, 2.05) is 18.3 Å². The predicted octanol–water partition coefficient (Wildman–Crippen LogP) is 4.28. The van der Waals surface area contributed by atoms with Crippen molar-refractivity contribution in [1.29, 1.82) is 0 Å². The Balaban J connectivity index is 2.66. The molecule has 78 valence electrons. The Bertz CT molecular complexity index is 509. The number of halogens is 2. The van der Waals surface area contributed by atoms with E-state index in [0.29, 0.717) is 5.92 Å². The summed E-state index contributed by atoms with van der Waals surface area (Å²) in [5.41, 5.74) is 2.86. The van der Waals surface area contributed by atoms with E-state index in [-0.39, 0.29) is 0 Å². The Morgan fingerprint density at radius 3 is 2.27 bits per heavy atom. The van der Waals surface area contributed by atoms with Crippen molar-refractivity contribution >= 4 is 42.9 Å². The number of hydrogen-bond acceptors (Lipinski definition) is 2. The standard InChI is InChI=1S/C11H10Br2N2/c1-6(2)11-5-14-9-3-7(12)8(13)4-10(9)15-11/h3-6H,1-2H3. The van der Waals surface area contributed by atoms with E-state index in [1.165, 1.54) is 0 Å². The van der Waals surface area contributed by atoms with Crippen LogP contribution in [0.15, 0.2) is 27.3 Å². The lowest BCUT2D eigenvalue weighted by atomic mass is 10.1. The van der Waals surface area contributed by atoms with E-state index < -0.39 is 0 Å². The van der Waals surface area contributed by atoms with Gasteiger partial charge >= 0.3 is 0 Å². The monoisotopic (exact) mass is 328 g/mol. The average molecular weight is 330 g/mol. The first-order chi connectivity index (χ1) is 7.08. The summed E-state index contributed by atoms with van der Waals surface area (Å²) in [4.78, 5) is 8.95. The highest BCUT2D eigenvalue weighted by molar-refractivity contribution is 9.13. The van der Waals surface area contributed by atoms with E-state index in [9.17, 15) is 0 Å². The maximum Gasteiger partial charge on any atom is 0.0902 e. The Morgan fingerprint density at radius 1 is 1.07 bits per heavy atom. The number of benzene rings is 1. The first kappa shape index (κ1) is 11.0. The molecule has 0 radical (unpaired) electrons. The summed E-state index contributed by atoms with van der Waals surface area (Å²) in [5.74, 6) is 0.407. The largest absolute Gasteiger partial charge is 0.253 e. The minimum atomic E-state index is 0.407. The molecule has 0 fully saturated rings. The quantitative estimate of drug-likeness (QED) is 0.780. The van der Waals surface area contributed by atoms with Crippen LogP contribution < -0.4 is 0 Å². The Labute approximate surface area is 105 Å². The number of nitrogens with zero attached hydrogens (tertiary/aromatic N) is 2. The van der Waals surface area contributed by atoms with Gasteiger partial charge in [0.25, 0.3) is 0 Å². The highest BCUT2D eigenvalue weighted by Crippen LogP contribution is 2.27. The molecule has 0 aliphatic carbocycles. The van der Waals surface area contributed by atoms with Gasteiger partial charge in [0.15, 0.2) is 0 Å². The zero-order valence-electron chi connectivity index (χ0n) is 8.46. The summed E-state index contributed by atoms with van der Waals surface area (Å²) in [6, 6.07) is 3.95. The number of aromatic nitrogens is 2. The van der Waals surface area contributed by atoms with Gasteiger partial charge in [-0.3, -0.25) is 4.98 Å². The molecule has 0 bridgehead atoms. The van der Waals surface area contributed by atoms with Gasteiger partial charge in [0.2, 0.25) is 0 Å². The summed E-state index contributed by atoms with van der Waals surface area (Å²) >= 11 is 6.91. The van der Waals surface area contributed by atoms with Gasteiger partial charge in [-0.2, -0.15) is 0 Å². The normalized spacial score (nSPS) is 11.3. The predicted molar refractivity (Wildman–Crippen MR) is 69.0 cm³/mol. The van der Waals surface area contributed by atoms with E-state index in [1.54, 1.807) is 0 Å². The van der Waals surface area contributed by atoms with Gasteiger partial charge in [0.05, 0.1) is 16.7 Å². The van der Waals surface area contributed by atoms with Crippen LogP contribution in [0.1, 0.15) is 25.5 Å². The smallest absolute Gasteiger partial charge is 0.0902 e. The molecule has 0 saturated carbocycles. The van der Waals surface area contributed by atoms with Crippen LogP contribution in [0, 0.1) is 0 Å². The Hall–Kier alpha value is -0.480. The van der Waals surface area contributed by atoms with Gasteiger partial charge in [0, 0.05) is 15.1 Å². The second-order valence-electron chi connectivity index (χ2n) is 3.70. The highest BCUT2D eigenvalue weighted by atomic mass is 79.9. The van der Waals surface area contributed by atoms with Crippen molar-refractivity contribution in [3.63, 3.8) is 0 Å². The second kappa shape index (κ2) is 4.18. The van der Waals surface area contributed by atoms with E-state index in [2.05, 4.69) is 55.7 Å². The number of hydrogen-bond donors (Lipinski definition) is 0. The van der Waals surface area contributed by atoms with Crippen molar-refractivity contribution in [3.05, 3.63) is 33.0 Å². The molecule has 4 heteroatoms. The Morgan fingerprint density at radius 2 is 1.67 bits per heavy atom. The molecule has 2 nitrogen and oxygen atoms in total. The zero-order valence-corrected chi connectivity index (χ0v) is 11.6. The van der Waals surface area contributed by atoms with Crippen LogP contribution in [-0.2, 0) is 0 Å². The van der Waals surface area contributed by atoms with Crippen LogP contribution in [0.4, 0.5) is 0 Å². The molecule has 0 unspecified atom stereocenters. The number of rotatable bonds is 1. The molecule has 0 aliphatic rings. The first-order valence-corrected chi connectivity index (χ1v) is 6.28. The fraction of sp³-hybridized carbons (Fsp3) is 0.273. The Kier molecular flexibility index (Phi) is 3.07. The average Bonchev–Trinajstić information content (AvgIpc) is 2.19. The SMILES string of the molecule is CC(C)c1cnc2cc(Br)c(Br)cc2n1. The first-order valence-electron chi connectivity index (χ1n) is 4.69. The molecular formula is C11H10Br2N2. The second-order valence-corrected chi connectivity index (χ2v) is 5.41. The summed E-state index contributed by atoms with van der Waals surface area (Å²) in [6.45, 7) is 4.23. The molecule has 0 N–H and O–H groups in total. The number of fused-ring (bicyclic) bond motifs is 1. The lowest BCUT2D eigenvalue weighted by Crippen LogP contribution is -1.95. The molecule has 0 aliphatic heterocycles. The van der Waals surface area contributed by atoms with Crippen molar-refractivity contribution in [2.24, 2.45) is 0 Å². The van der Waals surface area contributed by atoms with Crippen molar-refractivity contribution in [1.82, 2.24) is 9.97 Å². The minimum absolute atomic E-state index is 0.407. The molecule has 0 amide bonds. The zero-order chi connectivity index (χ0) is 11.0. The lowest BCUT2D eigenvalue weighted by Gasteiger charge is -2.06. The molecule has 0 spiro atoms. The van der Waals surface area contributed by atoms with Crippen LogP contribution in [0.5, 0.6) is 0 Å². The van der Waals surface area contributed by atoms with E-state index in [0.717, 1.165) is 25.7 Å². The molecule has 0 atom stereocenters. The van der Waals surface area contributed by atoms with Gasteiger partial charge in [-0.05, 0) is 49.9 Å².